The molecule has 0 bridgehead atoms. The third-order valence-corrected chi connectivity index (χ3v) is 4.31. The van der Waals surface area contributed by atoms with Gasteiger partial charge in [-0.05, 0) is 12.1 Å². The minimum absolute atomic E-state index is 0.0588. The highest BCUT2D eigenvalue weighted by Gasteiger charge is 2.38. The molecule has 0 radical (unpaired) electrons. The lowest BCUT2D eigenvalue weighted by atomic mass is 10.1. The van der Waals surface area contributed by atoms with Crippen LogP contribution in [0.1, 0.15) is 18.2 Å². The van der Waals surface area contributed by atoms with Gasteiger partial charge in [-0.1, -0.05) is 12.1 Å². The number of benzene rings is 1. The summed E-state index contributed by atoms with van der Waals surface area (Å²) in [5.41, 5.74) is 12.2. The largest absolute Gasteiger partial charge is 0.370 e. The van der Waals surface area contributed by atoms with Gasteiger partial charge in [0.15, 0.2) is 6.23 Å². The quantitative estimate of drug-likeness (QED) is 0.775. The highest BCUT2D eigenvalue weighted by atomic mass is 16.5. The van der Waals surface area contributed by atoms with Crippen LogP contribution < -0.4 is 16.4 Å². The number of nitrogens with zero attached hydrogens (tertiary/aromatic N) is 2. The molecule has 9 nitrogen and oxygen atoms in total. The Bertz CT molecular complexity index is 678. The number of hydrogen-bond acceptors (Lipinski definition) is 5. The first-order chi connectivity index (χ1) is 12.0. The maximum atomic E-state index is 11.9. The maximum absolute atomic E-state index is 11.9. The monoisotopic (exact) mass is 348 g/mol. The number of ether oxygens (including phenoxy) is 2. The molecule has 134 valence electrons. The first kappa shape index (κ1) is 17.2. The summed E-state index contributed by atoms with van der Waals surface area (Å²) in [6.45, 7) is 1.30. The smallest absolute Gasteiger partial charge is 0.317 e. The molecule has 25 heavy (non-hydrogen) atoms. The van der Waals surface area contributed by atoms with E-state index in [4.69, 9.17) is 20.9 Å². The van der Waals surface area contributed by atoms with Gasteiger partial charge in [-0.2, -0.15) is 0 Å². The molecule has 3 rings (SSSR count). The molecule has 0 aromatic heterocycles. The van der Waals surface area contributed by atoms with Gasteiger partial charge in [-0.15, -0.1) is 0 Å². The molecule has 0 spiro atoms. The Morgan fingerprint density at radius 2 is 1.84 bits per heavy atom. The van der Waals surface area contributed by atoms with Crippen LogP contribution in [0, 0.1) is 0 Å². The fourth-order valence-electron chi connectivity index (χ4n) is 3.09. The second kappa shape index (κ2) is 7.08. The lowest BCUT2D eigenvalue weighted by Gasteiger charge is -2.39. The van der Waals surface area contributed by atoms with Gasteiger partial charge in [0.1, 0.15) is 12.6 Å². The summed E-state index contributed by atoms with van der Waals surface area (Å²) in [4.78, 5) is 38.1. The van der Waals surface area contributed by atoms with E-state index in [-0.39, 0.29) is 19.1 Å². The predicted octanol–water partition coefficient (Wildman–Crippen LogP) is -0.297. The van der Waals surface area contributed by atoms with Crippen LogP contribution in [0.3, 0.4) is 0 Å². The number of urea groups is 1. The molecule has 2 aliphatic heterocycles. The minimum atomic E-state index is -0.809. The Kier molecular flexibility index (Phi) is 4.86. The Morgan fingerprint density at radius 3 is 2.44 bits per heavy atom. The van der Waals surface area contributed by atoms with Gasteiger partial charge in [0.25, 0.3) is 5.91 Å². The van der Waals surface area contributed by atoms with Gasteiger partial charge in [-0.25, -0.2) is 4.79 Å². The topological polar surface area (TPSA) is 128 Å². The molecule has 2 heterocycles. The van der Waals surface area contributed by atoms with Gasteiger partial charge in [0.05, 0.1) is 13.2 Å². The van der Waals surface area contributed by atoms with E-state index in [1.165, 1.54) is 0 Å². The number of rotatable bonds is 3. The van der Waals surface area contributed by atoms with Crippen molar-refractivity contribution in [2.24, 2.45) is 11.5 Å². The average Bonchev–Trinajstić information content (AvgIpc) is 2.61. The van der Waals surface area contributed by atoms with Crippen LogP contribution in [0.15, 0.2) is 24.3 Å². The van der Waals surface area contributed by atoms with Crippen LogP contribution in [0.25, 0.3) is 0 Å². The number of nitrogens with two attached hydrogens (primary N) is 2. The Hall–Kier alpha value is -2.65. The van der Waals surface area contributed by atoms with Crippen molar-refractivity contribution >= 4 is 23.5 Å². The molecule has 9 heteroatoms. The van der Waals surface area contributed by atoms with E-state index in [2.05, 4.69) is 0 Å². The van der Waals surface area contributed by atoms with Crippen LogP contribution >= 0.6 is 0 Å². The number of primary amides is 2. The van der Waals surface area contributed by atoms with Gasteiger partial charge in [-0.3, -0.25) is 14.5 Å². The highest BCUT2D eigenvalue weighted by Crippen LogP contribution is 2.31. The molecule has 2 atom stereocenters. The van der Waals surface area contributed by atoms with Crippen molar-refractivity contribution in [3.8, 4) is 0 Å². The number of carbonyl (C=O) groups is 3. The third kappa shape index (κ3) is 3.42. The van der Waals surface area contributed by atoms with E-state index in [0.717, 1.165) is 10.6 Å². The van der Waals surface area contributed by atoms with Crippen LogP contribution in [-0.4, -0.2) is 55.2 Å². The van der Waals surface area contributed by atoms with Gasteiger partial charge in [0.2, 0.25) is 5.91 Å². The summed E-state index contributed by atoms with van der Waals surface area (Å²) in [5.74, 6) is -0.733. The van der Waals surface area contributed by atoms with E-state index in [1.807, 2.05) is 0 Å². The van der Waals surface area contributed by atoms with Crippen molar-refractivity contribution < 1.29 is 23.9 Å². The van der Waals surface area contributed by atoms with E-state index in [1.54, 1.807) is 29.2 Å². The second-order valence-corrected chi connectivity index (χ2v) is 5.86. The normalized spacial score (nSPS) is 24.2. The molecule has 1 aromatic rings. The Morgan fingerprint density at radius 1 is 1.12 bits per heavy atom. The molecule has 2 fully saturated rings. The zero-order valence-electron chi connectivity index (χ0n) is 13.6. The summed E-state index contributed by atoms with van der Waals surface area (Å²) in [7, 11) is 0. The van der Waals surface area contributed by atoms with Crippen molar-refractivity contribution in [2.75, 3.05) is 31.3 Å². The summed E-state index contributed by atoms with van der Waals surface area (Å²) in [6, 6.07) is 5.41. The maximum Gasteiger partial charge on any atom is 0.317 e. The third-order valence-electron chi connectivity index (χ3n) is 4.31. The summed E-state index contributed by atoms with van der Waals surface area (Å²) in [6.07, 6.45) is -0.493. The predicted molar refractivity (Wildman–Crippen MR) is 87.3 cm³/mol. The molecule has 2 aliphatic rings. The number of morpholine rings is 1. The van der Waals surface area contributed by atoms with Crippen molar-refractivity contribution in [1.82, 2.24) is 4.90 Å². The van der Waals surface area contributed by atoms with Crippen molar-refractivity contribution in [2.45, 2.75) is 18.7 Å². The van der Waals surface area contributed by atoms with E-state index >= 15 is 0 Å². The van der Waals surface area contributed by atoms with Crippen molar-refractivity contribution in [3.63, 3.8) is 0 Å². The van der Waals surface area contributed by atoms with Crippen molar-refractivity contribution in [1.29, 1.82) is 0 Å². The number of hydrogen-bond donors (Lipinski definition) is 2. The average molecular weight is 348 g/mol. The lowest BCUT2D eigenvalue weighted by Crippen LogP contribution is -2.55. The minimum Gasteiger partial charge on any atom is -0.370 e. The van der Waals surface area contributed by atoms with Crippen LogP contribution in [0.4, 0.5) is 10.5 Å². The zero-order chi connectivity index (χ0) is 18.0. The fourth-order valence-corrected chi connectivity index (χ4v) is 3.09. The standard InChI is InChI=1S/C16H20N4O5/c17-14(22)12-5-7-25-15(20(12)16(18)23)10-1-3-11(4-2-10)19-6-8-24-9-13(19)21/h1-4,12,15H,5-9H2,(H2,17,22)(H2,18,23). The molecule has 1 aromatic carbocycles. The Balaban J connectivity index is 1.83. The molecule has 4 N–H and O–H groups in total. The SMILES string of the molecule is NC(=O)C1CCOC(c2ccc(N3CCOCC3=O)cc2)N1C(N)=O. The first-order valence-electron chi connectivity index (χ1n) is 7.96. The molecule has 2 unspecified atom stereocenters. The number of amides is 4. The molecule has 2 saturated heterocycles. The molecule has 4 amide bonds. The van der Waals surface area contributed by atoms with Crippen LogP contribution in [0.5, 0.6) is 0 Å². The Labute approximate surface area is 144 Å². The molecular formula is C16H20N4O5. The summed E-state index contributed by atoms with van der Waals surface area (Å²) < 4.78 is 10.8. The lowest BCUT2D eigenvalue weighted by molar-refractivity contribution is -0.139. The van der Waals surface area contributed by atoms with Gasteiger partial charge in [0, 0.05) is 24.2 Å². The van der Waals surface area contributed by atoms with Crippen LogP contribution in [-0.2, 0) is 19.1 Å². The fraction of sp³-hybridized carbons (Fsp3) is 0.438. The summed E-state index contributed by atoms with van der Waals surface area (Å²) >= 11 is 0. The molecular weight excluding hydrogens is 328 g/mol. The van der Waals surface area contributed by atoms with E-state index < -0.39 is 24.2 Å². The van der Waals surface area contributed by atoms with Gasteiger partial charge < -0.3 is 25.8 Å². The zero-order valence-corrected chi connectivity index (χ0v) is 13.6. The van der Waals surface area contributed by atoms with Crippen molar-refractivity contribution in [3.05, 3.63) is 29.8 Å². The van der Waals surface area contributed by atoms with Crippen LogP contribution in [0.2, 0.25) is 0 Å². The van der Waals surface area contributed by atoms with Gasteiger partial charge >= 0.3 is 6.03 Å². The second-order valence-electron chi connectivity index (χ2n) is 5.86. The van der Waals surface area contributed by atoms with E-state index in [0.29, 0.717) is 25.1 Å². The van der Waals surface area contributed by atoms with E-state index in [9.17, 15) is 14.4 Å². The first-order valence-corrected chi connectivity index (χ1v) is 7.96. The summed E-state index contributed by atoms with van der Waals surface area (Å²) in [5, 5.41) is 0. The highest BCUT2D eigenvalue weighted by molar-refractivity contribution is 5.94. The number of anilines is 1. The number of carbonyl (C=O) groups excluding carboxylic acids is 3. The molecule has 0 saturated carbocycles. The molecule has 0 aliphatic carbocycles.